The second-order valence-electron chi connectivity index (χ2n) is 8.05. The van der Waals surface area contributed by atoms with Crippen molar-refractivity contribution in [2.45, 2.75) is 50.9 Å². The van der Waals surface area contributed by atoms with Gasteiger partial charge >= 0.3 is 41.0 Å². The van der Waals surface area contributed by atoms with Crippen LogP contribution in [0.3, 0.4) is 0 Å². The average Bonchev–Trinajstić information content (AvgIpc) is 2.81. The standard InChI is InChI=1S/C20H22FN7O7/c21-20(18(34)35,6-5-13(30)31)27-16(32)10-1-3-11(4-2-10)23-7-12-8-24-15-14(28(12)9-29)17(33)26-19(22)25-15/h8-10H,1-7H2,(H5-,22,24,25,26,27,30,31,32,33,34,35)/p+2. The lowest BCUT2D eigenvalue weighted by molar-refractivity contribution is -0.549. The Hall–Kier alpha value is -4.30. The van der Waals surface area contributed by atoms with Crippen molar-refractivity contribution < 1.29 is 43.3 Å². The van der Waals surface area contributed by atoms with E-state index in [9.17, 15) is 28.4 Å². The van der Waals surface area contributed by atoms with Crippen molar-refractivity contribution >= 4 is 47.1 Å². The zero-order valence-electron chi connectivity index (χ0n) is 18.4. The van der Waals surface area contributed by atoms with Gasteiger partial charge in [-0.1, -0.05) is 0 Å². The van der Waals surface area contributed by atoms with E-state index in [1.54, 1.807) is 0 Å². The Morgan fingerprint density at radius 1 is 1.37 bits per heavy atom. The van der Waals surface area contributed by atoms with Crippen molar-refractivity contribution in [1.29, 1.82) is 0 Å². The number of carboxylic acid groups (broad SMARTS) is 2. The van der Waals surface area contributed by atoms with E-state index in [1.165, 1.54) is 6.20 Å². The van der Waals surface area contributed by atoms with Crippen LogP contribution in [-0.2, 0) is 25.7 Å². The molecule has 1 unspecified atom stereocenters. The molecule has 1 amide bonds. The SMILES string of the molecule is Nc1nc2[nH+]cc(CN=C3CCC(C(=O)NC(F)(CCC(=O)O)C(=O)O)CC3)[n+](C=O)c2c(=O)[nH]1. The maximum Gasteiger partial charge on any atom is 0.404 e. The van der Waals surface area contributed by atoms with Crippen molar-refractivity contribution in [1.82, 2.24) is 15.3 Å². The van der Waals surface area contributed by atoms with E-state index < -0.39 is 48.0 Å². The van der Waals surface area contributed by atoms with E-state index in [2.05, 4.69) is 19.9 Å². The molecule has 0 aliphatic heterocycles. The van der Waals surface area contributed by atoms with Gasteiger partial charge in [0, 0.05) is 23.0 Å². The number of carbonyl (C=O) groups excluding carboxylic acids is 2. The van der Waals surface area contributed by atoms with Crippen molar-refractivity contribution in [3.05, 3.63) is 22.2 Å². The number of H-pyrrole nitrogens is 2. The lowest BCUT2D eigenvalue weighted by Crippen LogP contribution is -2.53. The molecule has 15 heteroatoms. The lowest BCUT2D eigenvalue weighted by atomic mass is 9.87. The fourth-order valence-corrected chi connectivity index (χ4v) is 3.78. The summed E-state index contributed by atoms with van der Waals surface area (Å²) in [5.41, 5.74) is 6.10. The predicted molar refractivity (Wildman–Crippen MR) is 115 cm³/mol. The summed E-state index contributed by atoms with van der Waals surface area (Å²) in [7, 11) is 0. The zero-order valence-corrected chi connectivity index (χ0v) is 18.4. The normalized spacial score (nSPS) is 17.4. The molecule has 0 spiro atoms. The van der Waals surface area contributed by atoms with Crippen LogP contribution in [0.2, 0.25) is 0 Å². The third-order valence-corrected chi connectivity index (χ3v) is 5.69. The molecule has 1 fully saturated rings. The molecule has 7 N–H and O–H groups in total. The number of aliphatic imine (C=N–C) groups is 1. The molecule has 1 atom stereocenters. The van der Waals surface area contributed by atoms with Crippen molar-refractivity contribution in [3.8, 4) is 0 Å². The number of amides is 1. The van der Waals surface area contributed by atoms with Crippen LogP contribution in [-0.4, -0.2) is 55.9 Å². The highest BCUT2D eigenvalue weighted by atomic mass is 19.1. The monoisotopic (exact) mass is 493 g/mol. The first-order valence-corrected chi connectivity index (χ1v) is 10.6. The van der Waals surface area contributed by atoms with Crippen LogP contribution in [0.25, 0.3) is 11.2 Å². The molecule has 3 rings (SSSR count). The number of nitrogens with two attached hydrogens (primary N) is 1. The van der Waals surface area contributed by atoms with Crippen LogP contribution in [0.1, 0.15) is 44.2 Å². The van der Waals surface area contributed by atoms with Crippen molar-refractivity contribution in [2.24, 2.45) is 10.9 Å². The number of halogens is 1. The van der Waals surface area contributed by atoms with E-state index >= 15 is 0 Å². The Labute approximate surface area is 196 Å². The van der Waals surface area contributed by atoms with Crippen LogP contribution >= 0.6 is 0 Å². The highest BCUT2D eigenvalue weighted by Crippen LogP contribution is 2.25. The number of hydrogen-bond donors (Lipinski definition) is 5. The molecule has 1 aliphatic rings. The van der Waals surface area contributed by atoms with Crippen molar-refractivity contribution in [2.75, 3.05) is 5.73 Å². The Bertz CT molecular complexity index is 1270. The summed E-state index contributed by atoms with van der Waals surface area (Å²) < 4.78 is 15.7. The van der Waals surface area contributed by atoms with Gasteiger partial charge in [0.1, 0.15) is 6.54 Å². The molecule has 0 bridgehead atoms. The summed E-state index contributed by atoms with van der Waals surface area (Å²) >= 11 is 0. The van der Waals surface area contributed by atoms with Gasteiger partial charge in [-0.05, 0) is 25.7 Å². The first-order chi connectivity index (χ1) is 16.5. The maximum atomic E-state index is 14.6. The number of hydrogen-bond acceptors (Lipinski definition) is 8. The predicted octanol–water partition coefficient (Wildman–Crippen LogP) is -1.49. The number of anilines is 1. The van der Waals surface area contributed by atoms with Gasteiger partial charge in [-0.25, -0.2) is 19.0 Å². The van der Waals surface area contributed by atoms with E-state index in [0.29, 0.717) is 24.9 Å². The van der Waals surface area contributed by atoms with Crippen LogP contribution in [0.4, 0.5) is 10.3 Å². The summed E-state index contributed by atoms with van der Waals surface area (Å²) in [5.74, 6) is -8.11. The third kappa shape index (κ3) is 5.80. The van der Waals surface area contributed by atoms with Gasteiger partial charge in [0.2, 0.25) is 5.91 Å². The minimum atomic E-state index is -3.17. The van der Waals surface area contributed by atoms with E-state index in [4.69, 9.17) is 15.9 Å². The Kier molecular flexibility index (Phi) is 7.46. The van der Waals surface area contributed by atoms with Gasteiger partial charge in [0.25, 0.3) is 11.5 Å². The van der Waals surface area contributed by atoms with E-state index in [-0.39, 0.29) is 36.5 Å². The van der Waals surface area contributed by atoms with Crippen LogP contribution in [0.5, 0.6) is 0 Å². The highest BCUT2D eigenvalue weighted by molar-refractivity contribution is 5.90. The van der Waals surface area contributed by atoms with Crippen molar-refractivity contribution in [3.63, 3.8) is 0 Å². The highest BCUT2D eigenvalue weighted by Gasteiger charge is 2.42. The maximum absolute atomic E-state index is 14.6. The molecule has 186 valence electrons. The minimum Gasteiger partial charge on any atom is -0.481 e. The van der Waals surface area contributed by atoms with E-state index in [0.717, 1.165) is 10.3 Å². The third-order valence-electron chi connectivity index (χ3n) is 5.69. The second-order valence-corrected chi connectivity index (χ2v) is 8.05. The molecule has 2 heterocycles. The van der Waals surface area contributed by atoms with Gasteiger partial charge in [-0.3, -0.25) is 24.4 Å². The minimum absolute atomic E-state index is 0.0247. The molecule has 0 aromatic carbocycles. The summed E-state index contributed by atoms with van der Waals surface area (Å²) in [6.07, 6.45) is 1.57. The lowest BCUT2D eigenvalue weighted by Gasteiger charge is -2.27. The second kappa shape index (κ2) is 10.3. The molecule has 1 aliphatic carbocycles. The van der Waals surface area contributed by atoms with Crippen LogP contribution in [0.15, 0.2) is 16.0 Å². The smallest absolute Gasteiger partial charge is 0.404 e. The Morgan fingerprint density at radius 3 is 2.66 bits per heavy atom. The number of nitrogens with one attached hydrogen (secondary N) is 3. The van der Waals surface area contributed by atoms with Gasteiger partial charge in [-0.15, -0.1) is 4.57 Å². The first-order valence-electron chi connectivity index (χ1n) is 10.6. The number of carbonyl (C=O) groups is 4. The molecular weight excluding hydrogens is 469 g/mol. The average molecular weight is 493 g/mol. The molecule has 2 aromatic rings. The largest absolute Gasteiger partial charge is 0.481 e. The van der Waals surface area contributed by atoms with Gasteiger partial charge < -0.3 is 21.3 Å². The van der Waals surface area contributed by atoms with E-state index in [1.807, 2.05) is 5.32 Å². The van der Waals surface area contributed by atoms with Gasteiger partial charge in [0.05, 0.1) is 6.42 Å². The molecular formula is C20H24FN7O7+2. The molecule has 1 saturated carbocycles. The number of aromatic amines is 2. The summed E-state index contributed by atoms with van der Waals surface area (Å²) in [6, 6.07) is 0. The molecule has 35 heavy (non-hydrogen) atoms. The first kappa shape index (κ1) is 25.3. The molecule has 0 saturated heterocycles. The number of nitrogens with zero attached hydrogens (tertiary/aromatic N) is 3. The number of carboxylic acids is 2. The summed E-state index contributed by atoms with van der Waals surface area (Å²) in [5, 5.41) is 19.6. The van der Waals surface area contributed by atoms with Crippen LogP contribution < -0.4 is 26.2 Å². The molecule has 2 aromatic heterocycles. The Balaban J connectivity index is 1.66. The number of fused-ring (bicyclic) bond motifs is 1. The quantitative estimate of drug-likeness (QED) is 0.156. The number of aromatic nitrogens is 4. The summed E-state index contributed by atoms with van der Waals surface area (Å²) in [4.78, 5) is 71.7. The molecule has 14 nitrogen and oxygen atoms in total. The molecule has 0 radical (unpaired) electrons. The Morgan fingerprint density at radius 2 is 2.06 bits per heavy atom. The van der Waals surface area contributed by atoms with Gasteiger partial charge in [-0.2, -0.15) is 0 Å². The van der Waals surface area contributed by atoms with Crippen LogP contribution in [0, 0.1) is 5.92 Å². The number of rotatable bonds is 9. The fourth-order valence-electron chi connectivity index (χ4n) is 3.78. The van der Waals surface area contributed by atoms with Gasteiger partial charge in [0.15, 0.2) is 6.20 Å². The fraction of sp³-hybridized carbons (Fsp3) is 0.450. The number of nitrogen functional groups attached to an aromatic ring is 1. The number of aliphatic carboxylic acids is 2. The summed E-state index contributed by atoms with van der Waals surface area (Å²) in [6.45, 7) is 0.0446. The topological polar surface area (TPSA) is 223 Å². The zero-order chi connectivity index (χ0) is 25.8. The number of alkyl halides is 1.